The molecular formula is C26H32N4O3. The molecule has 7 nitrogen and oxygen atoms in total. The third-order valence-electron chi connectivity index (χ3n) is 7.14. The fourth-order valence-corrected chi connectivity index (χ4v) is 5.25. The molecule has 1 saturated carbocycles. The van der Waals surface area contributed by atoms with Gasteiger partial charge in [-0.2, -0.15) is 0 Å². The highest BCUT2D eigenvalue weighted by Gasteiger charge is 2.40. The molecular weight excluding hydrogens is 416 g/mol. The molecule has 0 radical (unpaired) electrons. The Kier molecular flexibility index (Phi) is 5.81. The molecule has 2 aromatic rings. The van der Waals surface area contributed by atoms with Crippen LogP contribution in [0, 0.1) is 13.8 Å². The summed E-state index contributed by atoms with van der Waals surface area (Å²) in [6.45, 7) is 4.72. The number of aromatic nitrogens is 2. The normalized spacial score (nSPS) is 20.6. The monoisotopic (exact) mass is 448 g/mol. The number of likely N-dealkylation sites (tertiary alicyclic amines) is 1. The number of hydrogen-bond donors (Lipinski definition) is 0. The van der Waals surface area contributed by atoms with Crippen LogP contribution in [0.25, 0.3) is 0 Å². The van der Waals surface area contributed by atoms with Gasteiger partial charge in [0, 0.05) is 30.3 Å². The van der Waals surface area contributed by atoms with E-state index in [1.165, 1.54) is 0 Å². The molecule has 1 aromatic carbocycles. The van der Waals surface area contributed by atoms with Crippen LogP contribution in [0.3, 0.4) is 0 Å². The van der Waals surface area contributed by atoms with Gasteiger partial charge in [-0.15, -0.1) is 0 Å². The van der Waals surface area contributed by atoms with E-state index in [-0.39, 0.29) is 23.9 Å². The smallest absolute Gasteiger partial charge is 0.228 e. The molecule has 1 aromatic heterocycles. The van der Waals surface area contributed by atoms with Crippen molar-refractivity contribution >= 4 is 17.6 Å². The number of ether oxygens (including phenoxy) is 1. The zero-order valence-corrected chi connectivity index (χ0v) is 19.8. The van der Waals surface area contributed by atoms with E-state index in [0.717, 1.165) is 66.1 Å². The number of fused-ring (bicyclic) bond motifs is 1. The van der Waals surface area contributed by atoms with Crippen molar-refractivity contribution in [1.29, 1.82) is 0 Å². The highest BCUT2D eigenvalue weighted by Crippen LogP contribution is 2.39. The van der Waals surface area contributed by atoms with Crippen molar-refractivity contribution in [3.63, 3.8) is 0 Å². The van der Waals surface area contributed by atoms with Gasteiger partial charge < -0.3 is 9.64 Å². The highest BCUT2D eigenvalue weighted by molar-refractivity contribution is 5.96. The zero-order chi connectivity index (χ0) is 23.1. The summed E-state index contributed by atoms with van der Waals surface area (Å²) in [5, 5.41) is 0. The van der Waals surface area contributed by atoms with Gasteiger partial charge in [0.05, 0.1) is 19.6 Å². The predicted molar refractivity (Wildman–Crippen MR) is 125 cm³/mol. The molecule has 33 heavy (non-hydrogen) atoms. The van der Waals surface area contributed by atoms with E-state index >= 15 is 0 Å². The van der Waals surface area contributed by atoms with Crippen molar-refractivity contribution in [1.82, 2.24) is 14.9 Å². The second kappa shape index (κ2) is 8.76. The Morgan fingerprint density at radius 1 is 1.12 bits per heavy atom. The first-order valence-corrected chi connectivity index (χ1v) is 12.1. The molecule has 0 N–H and O–H groups in total. The quantitative estimate of drug-likeness (QED) is 0.695. The summed E-state index contributed by atoms with van der Waals surface area (Å²) in [4.78, 5) is 39.8. The van der Waals surface area contributed by atoms with Gasteiger partial charge in [-0.1, -0.05) is 12.1 Å². The van der Waals surface area contributed by atoms with Crippen LogP contribution in [0.4, 0.5) is 5.82 Å². The number of rotatable bonds is 5. The summed E-state index contributed by atoms with van der Waals surface area (Å²) in [5.74, 6) is 2.57. The maximum atomic E-state index is 13.4. The van der Waals surface area contributed by atoms with E-state index in [0.29, 0.717) is 31.6 Å². The third kappa shape index (κ3) is 4.21. The molecule has 2 aliphatic heterocycles. The lowest BCUT2D eigenvalue weighted by atomic mass is 9.98. The van der Waals surface area contributed by atoms with E-state index in [1.807, 2.05) is 41.8 Å². The van der Waals surface area contributed by atoms with E-state index in [1.54, 1.807) is 7.11 Å². The molecule has 5 rings (SSSR count). The summed E-state index contributed by atoms with van der Waals surface area (Å²) in [5.41, 5.74) is 4.04. The molecule has 7 heteroatoms. The minimum Gasteiger partial charge on any atom is -0.496 e. The molecule has 2 fully saturated rings. The SMILES string of the molecule is COc1ccc(CC(=O)N2CCCC[C@H]2c2nc(C)c3c(n2)N(C2CC2)C(=O)CC3)cc1C. The number of nitrogens with zero attached hydrogens (tertiary/aromatic N) is 4. The molecule has 3 heterocycles. The Morgan fingerprint density at radius 2 is 1.94 bits per heavy atom. The number of methoxy groups -OCH3 is 1. The van der Waals surface area contributed by atoms with Crippen LogP contribution in [0.2, 0.25) is 0 Å². The van der Waals surface area contributed by atoms with Gasteiger partial charge in [0.1, 0.15) is 11.6 Å². The minimum absolute atomic E-state index is 0.0957. The Labute approximate surface area is 195 Å². The topological polar surface area (TPSA) is 75.6 Å². The fourth-order valence-electron chi connectivity index (χ4n) is 5.25. The molecule has 2 amide bonds. The number of carbonyl (C=O) groups is 2. The van der Waals surface area contributed by atoms with Crippen LogP contribution < -0.4 is 9.64 Å². The van der Waals surface area contributed by atoms with Crippen LogP contribution in [0.15, 0.2) is 18.2 Å². The summed E-state index contributed by atoms with van der Waals surface area (Å²) in [7, 11) is 1.66. The zero-order valence-electron chi connectivity index (χ0n) is 19.8. The third-order valence-corrected chi connectivity index (χ3v) is 7.14. The van der Waals surface area contributed by atoms with Crippen LogP contribution in [-0.2, 0) is 22.4 Å². The lowest BCUT2D eigenvalue weighted by molar-refractivity contribution is -0.134. The number of hydrogen-bond acceptors (Lipinski definition) is 5. The molecule has 1 saturated heterocycles. The van der Waals surface area contributed by atoms with Gasteiger partial charge >= 0.3 is 0 Å². The van der Waals surface area contributed by atoms with E-state index in [4.69, 9.17) is 14.7 Å². The van der Waals surface area contributed by atoms with Crippen LogP contribution in [-0.4, -0.2) is 46.4 Å². The predicted octanol–water partition coefficient (Wildman–Crippen LogP) is 3.84. The number of piperidine rings is 1. The number of carbonyl (C=O) groups excluding carboxylic acids is 2. The molecule has 174 valence electrons. The number of anilines is 1. The standard InChI is InChI=1S/C26H32N4O3/c1-16-14-18(7-11-22(16)33-3)15-24(32)29-13-5-4-6-21(29)25-27-17(2)20-10-12-23(31)30(19-8-9-19)26(20)28-25/h7,11,14,19,21H,4-6,8-10,12-13,15H2,1-3H3/t21-/m0/s1. The van der Waals surface area contributed by atoms with Crippen molar-refractivity contribution in [3.05, 3.63) is 46.4 Å². The van der Waals surface area contributed by atoms with Crippen molar-refractivity contribution in [2.75, 3.05) is 18.6 Å². The average Bonchev–Trinajstić information content (AvgIpc) is 3.64. The molecule has 1 aliphatic carbocycles. The van der Waals surface area contributed by atoms with Crippen molar-refractivity contribution in [2.45, 2.75) is 77.3 Å². The molecule has 0 bridgehead atoms. The number of benzene rings is 1. The van der Waals surface area contributed by atoms with Crippen molar-refractivity contribution in [3.8, 4) is 5.75 Å². The first-order chi connectivity index (χ1) is 16.0. The largest absolute Gasteiger partial charge is 0.496 e. The van der Waals surface area contributed by atoms with Gasteiger partial charge in [-0.05, 0) is 69.6 Å². The van der Waals surface area contributed by atoms with Crippen LogP contribution in [0.5, 0.6) is 5.75 Å². The van der Waals surface area contributed by atoms with Crippen LogP contribution in [0.1, 0.15) is 72.8 Å². The first kappa shape index (κ1) is 21.9. The van der Waals surface area contributed by atoms with Crippen LogP contribution >= 0.6 is 0 Å². The van der Waals surface area contributed by atoms with Gasteiger partial charge in [0.15, 0.2) is 5.82 Å². The fraction of sp³-hybridized carbons (Fsp3) is 0.538. The average molecular weight is 449 g/mol. The Bertz CT molecular complexity index is 1100. The molecule has 0 unspecified atom stereocenters. The van der Waals surface area contributed by atoms with Gasteiger partial charge in [-0.25, -0.2) is 9.97 Å². The number of amides is 2. The molecule has 3 aliphatic rings. The van der Waals surface area contributed by atoms with E-state index < -0.39 is 0 Å². The van der Waals surface area contributed by atoms with Gasteiger partial charge in [-0.3, -0.25) is 14.5 Å². The van der Waals surface area contributed by atoms with E-state index in [9.17, 15) is 9.59 Å². The second-order valence-corrected chi connectivity index (χ2v) is 9.54. The Morgan fingerprint density at radius 3 is 2.67 bits per heavy atom. The van der Waals surface area contributed by atoms with Crippen molar-refractivity contribution < 1.29 is 14.3 Å². The van der Waals surface area contributed by atoms with Gasteiger partial charge in [0.25, 0.3) is 0 Å². The lowest BCUT2D eigenvalue weighted by Crippen LogP contribution is -2.42. The van der Waals surface area contributed by atoms with Gasteiger partial charge in [0.2, 0.25) is 11.8 Å². The second-order valence-electron chi connectivity index (χ2n) is 9.54. The summed E-state index contributed by atoms with van der Waals surface area (Å²) < 4.78 is 5.35. The van der Waals surface area contributed by atoms with Crippen molar-refractivity contribution in [2.24, 2.45) is 0 Å². The maximum absolute atomic E-state index is 13.4. The summed E-state index contributed by atoms with van der Waals surface area (Å²) in [6.07, 6.45) is 6.54. The molecule has 0 spiro atoms. The Balaban J connectivity index is 1.43. The minimum atomic E-state index is -0.146. The number of aryl methyl sites for hydroxylation is 2. The maximum Gasteiger partial charge on any atom is 0.228 e. The molecule has 1 atom stereocenters. The summed E-state index contributed by atoms with van der Waals surface area (Å²) >= 11 is 0. The van der Waals surface area contributed by atoms with E-state index in [2.05, 4.69) is 0 Å². The highest BCUT2D eigenvalue weighted by atomic mass is 16.5. The summed E-state index contributed by atoms with van der Waals surface area (Å²) in [6, 6.07) is 6.04. The Hall–Kier alpha value is -2.96. The lowest BCUT2D eigenvalue weighted by Gasteiger charge is -2.36. The first-order valence-electron chi connectivity index (χ1n) is 12.1.